The first-order valence-corrected chi connectivity index (χ1v) is 9.98. The summed E-state index contributed by atoms with van der Waals surface area (Å²) < 4.78 is 38.4. The number of nitrogens with zero attached hydrogens (tertiary/aromatic N) is 1. The van der Waals surface area contributed by atoms with Gasteiger partial charge >= 0.3 is 0 Å². The van der Waals surface area contributed by atoms with Crippen LogP contribution in [0.2, 0.25) is 0 Å². The lowest BCUT2D eigenvalue weighted by Gasteiger charge is -2.13. The minimum Gasteiger partial charge on any atom is -0.384 e. The number of hydrogen-bond acceptors (Lipinski definition) is 5. The van der Waals surface area contributed by atoms with Crippen LogP contribution in [0, 0.1) is 0 Å². The van der Waals surface area contributed by atoms with Crippen LogP contribution in [0.1, 0.15) is 26.7 Å². The molecule has 0 aliphatic rings. The SMILES string of the molecule is CCCNc1ccncc1S(=O)(=O)NCCC(C)S(C)=O. The second-order valence-electron chi connectivity index (χ2n) is 4.79. The summed E-state index contributed by atoms with van der Waals surface area (Å²) in [5.74, 6) is 0. The van der Waals surface area contributed by atoms with Crippen LogP contribution in [0.3, 0.4) is 0 Å². The molecule has 2 atom stereocenters. The molecule has 21 heavy (non-hydrogen) atoms. The minimum atomic E-state index is -3.62. The maximum absolute atomic E-state index is 12.3. The lowest BCUT2D eigenvalue weighted by Crippen LogP contribution is -2.28. The molecule has 0 aromatic carbocycles. The molecule has 120 valence electrons. The Morgan fingerprint density at radius 2 is 2.10 bits per heavy atom. The zero-order chi connectivity index (χ0) is 15.9. The van der Waals surface area contributed by atoms with E-state index in [1.807, 2.05) is 13.8 Å². The number of nitrogens with one attached hydrogen (secondary N) is 2. The first-order valence-electron chi connectivity index (χ1n) is 6.88. The van der Waals surface area contributed by atoms with Crippen LogP contribution >= 0.6 is 0 Å². The highest BCUT2D eigenvalue weighted by atomic mass is 32.2. The molecule has 8 heteroatoms. The molecule has 1 heterocycles. The molecule has 0 aliphatic heterocycles. The van der Waals surface area contributed by atoms with Gasteiger partial charge in [-0.2, -0.15) is 0 Å². The largest absolute Gasteiger partial charge is 0.384 e. The predicted molar refractivity (Wildman–Crippen MR) is 86.4 cm³/mol. The Morgan fingerprint density at radius 1 is 1.38 bits per heavy atom. The van der Waals surface area contributed by atoms with Gasteiger partial charge in [0.2, 0.25) is 10.0 Å². The molecule has 1 aromatic rings. The smallest absolute Gasteiger partial charge is 0.244 e. The summed E-state index contributed by atoms with van der Waals surface area (Å²) in [6.45, 7) is 4.79. The summed E-state index contributed by atoms with van der Waals surface area (Å²) in [5.41, 5.74) is 0.548. The highest BCUT2D eigenvalue weighted by Gasteiger charge is 2.19. The normalized spacial score (nSPS) is 14.6. The average molecular weight is 333 g/mol. The number of sulfonamides is 1. The van der Waals surface area contributed by atoms with E-state index in [4.69, 9.17) is 0 Å². The van der Waals surface area contributed by atoms with E-state index < -0.39 is 20.8 Å². The molecule has 2 unspecified atom stereocenters. The molecule has 0 saturated heterocycles. The molecular weight excluding hydrogens is 310 g/mol. The maximum atomic E-state index is 12.3. The van der Waals surface area contributed by atoms with Crippen LogP contribution in [0.5, 0.6) is 0 Å². The molecule has 0 fully saturated rings. The fourth-order valence-electron chi connectivity index (χ4n) is 1.64. The van der Waals surface area contributed by atoms with Gasteiger partial charge in [0, 0.05) is 47.8 Å². The number of pyridine rings is 1. The van der Waals surface area contributed by atoms with Gasteiger partial charge in [0.15, 0.2) is 0 Å². The summed E-state index contributed by atoms with van der Waals surface area (Å²) in [6.07, 6.45) is 5.93. The standard InChI is InChI=1S/C13H23N3O3S2/c1-4-7-15-12-6-8-14-10-13(12)21(18,19)16-9-5-11(2)20(3)17/h6,8,10-11,16H,4-5,7,9H2,1-3H3,(H,14,15). The van der Waals surface area contributed by atoms with Gasteiger partial charge in [0.1, 0.15) is 4.90 Å². The highest BCUT2D eigenvalue weighted by molar-refractivity contribution is 7.89. The predicted octanol–water partition coefficient (Wildman–Crippen LogP) is 1.34. The third-order valence-electron chi connectivity index (χ3n) is 3.05. The molecule has 1 aromatic heterocycles. The van der Waals surface area contributed by atoms with Gasteiger partial charge in [0.25, 0.3) is 0 Å². The van der Waals surface area contributed by atoms with Crippen LogP contribution in [-0.4, -0.2) is 42.2 Å². The van der Waals surface area contributed by atoms with Gasteiger partial charge in [-0.25, -0.2) is 13.1 Å². The Hall–Kier alpha value is -0.990. The van der Waals surface area contributed by atoms with E-state index in [-0.39, 0.29) is 16.7 Å². The lowest BCUT2D eigenvalue weighted by atomic mass is 10.3. The van der Waals surface area contributed by atoms with E-state index in [9.17, 15) is 12.6 Å². The van der Waals surface area contributed by atoms with Gasteiger partial charge in [0.05, 0.1) is 5.69 Å². The Kier molecular flexibility index (Phi) is 7.27. The second kappa shape index (κ2) is 8.45. The number of aromatic nitrogens is 1. The second-order valence-corrected chi connectivity index (χ2v) is 8.33. The van der Waals surface area contributed by atoms with E-state index in [2.05, 4.69) is 15.0 Å². The van der Waals surface area contributed by atoms with Crippen LogP contribution in [0.25, 0.3) is 0 Å². The molecule has 0 amide bonds. The van der Waals surface area contributed by atoms with Crippen LogP contribution in [0.4, 0.5) is 5.69 Å². The van der Waals surface area contributed by atoms with E-state index in [0.29, 0.717) is 18.7 Å². The molecule has 6 nitrogen and oxygen atoms in total. The van der Waals surface area contributed by atoms with Crippen molar-refractivity contribution < 1.29 is 12.6 Å². The summed E-state index contributed by atoms with van der Waals surface area (Å²) >= 11 is 0. The quantitative estimate of drug-likeness (QED) is 0.712. The van der Waals surface area contributed by atoms with Gasteiger partial charge in [-0.3, -0.25) is 9.19 Å². The van der Waals surface area contributed by atoms with Gasteiger partial charge in [-0.05, 0) is 18.9 Å². The van der Waals surface area contributed by atoms with Gasteiger partial charge in [-0.1, -0.05) is 13.8 Å². The Morgan fingerprint density at radius 3 is 2.71 bits per heavy atom. The van der Waals surface area contributed by atoms with Crippen molar-refractivity contribution in [3.63, 3.8) is 0 Å². The molecule has 2 N–H and O–H groups in total. The third kappa shape index (κ3) is 5.72. The number of rotatable bonds is 9. The molecule has 0 spiro atoms. The molecule has 0 radical (unpaired) electrons. The van der Waals surface area contributed by atoms with Gasteiger partial charge in [-0.15, -0.1) is 0 Å². The first kappa shape index (κ1) is 18.1. The monoisotopic (exact) mass is 333 g/mol. The maximum Gasteiger partial charge on any atom is 0.244 e. The fraction of sp³-hybridized carbons (Fsp3) is 0.615. The summed E-state index contributed by atoms with van der Waals surface area (Å²) in [5, 5.41) is 3.04. The topological polar surface area (TPSA) is 88.2 Å². The highest BCUT2D eigenvalue weighted by Crippen LogP contribution is 2.19. The fourth-order valence-corrected chi connectivity index (χ4v) is 3.26. The first-order chi connectivity index (χ1) is 9.88. The van der Waals surface area contributed by atoms with Crippen molar-refractivity contribution in [1.82, 2.24) is 9.71 Å². The summed E-state index contributed by atoms with van der Waals surface area (Å²) in [7, 11) is -4.57. The van der Waals surface area contributed by atoms with Crippen LogP contribution in [0.15, 0.2) is 23.4 Å². The van der Waals surface area contributed by atoms with Crippen molar-refractivity contribution in [2.75, 3.05) is 24.7 Å². The van der Waals surface area contributed by atoms with Crippen molar-refractivity contribution in [3.05, 3.63) is 18.5 Å². The van der Waals surface area contributed by atoms with Crippen molar-refractivity contribution in [2.24, 2.45) is 0 Å². The van der Waals surface area contributed by atoms with Crippen molar-refractivity contribution in [3.8, 4) is 0 Å². The lowest BCUT2D eigenvalue weighted by molar-refractivity contribution is 0.577. The zero-order valence-electron chi connectivity index (χ0n) is 12.6. The molecular formula is C13H23N3O3S2. The van der Waals surface area contributed by atoms with Gasteiger partial charge < -0.3 is 5.32 Å². The molecule has 0 bridgehead atoms. The van der Waals surface area contributed by atoms with Crippen LogP contribution in [-0.2, 0) is 20.8 Å². The molecule has 0 aliphatic carbocycles. The van der Waals surface area contributed by atoms with Crippen molar-refractivity contribution in [2.45, 2.75) is 36.8 Å². The van der Waals surface area contributed by atoms with Crippen LogP contribution < -0.4 is 10.0 Å². The summed E-state index contributed by atoms with van der Waals surface area (Å²) in [4.78, 5) is 4.03. The number of anilines is 1. The molecule has 0 saturated carbocycles. The Labute approximate surface area is 129 Å². The zero-order valence-corrected chi connectivity index (χ0v) is 14.3. The van der Waals surface area contributed by atoms with E-state index in [0.717, 1.165) is 6.42 Å². The van der Waals surface area contributed by atoms with E-state index in [1.165, 1.54) is 6.20 Å². The minimum absolute atomic E-state index is 0.0423. The van der Waals surface area contributed by atoms with E-state index >= 15 is 0 Å². The number of hydrogen-bond donors (Lipinski definition) is 2. The summed E-state index contributed by atoms with van der Waals surface area (Å²) in [6, 6.07) is 1.65. The van der Waals surface area contributed by atoms with E-state index in [1.54, 1.807) is 18.5 Å². The van der Waals surface area contributed by atoms with Crippen molar-refractivity contribution >= 4 is 26.5 Å². The Balaban J connectivity index is 2.76. The Bertz CT molecular complexity index is 576. The average Bonchev–Trinajstić information content (AvgIpc) is 2.45. The third-order valence-corrected chi connectivity index (χ3v) is 5.91. The van der Waals surface area contributed by atoms with Crippen molar-refractivity contribution in [1.29, 1.82) is 0 Å². The molecule has 1 rings (SSSR count).